The molecule has 0 aromatic heterocycles. The van der Waals surface area contributed by atoms with Crippen LogP contribution in [0.2, 0.25) is 0 Å². The van der Waals surface area contributed by atoms with Crippen molar-refractivity contribution in [3.8, 4) is 0 Å². The molecule has 1 unspecified atom stereocenters. The summed E-state index contributed by atoms with van der Waals surface area (Å²) in [4.78, 5) is 26.9. The van der Waals surface area contributed by atoms with Crippen LogP contribution in [0.25, 0.3) is 0 Å². The first-order valence-electron chi connectivity index (χ1n) is 6.20. The summed E-state index contributed by atoms with van der Waals surface area (Å²) in [6.45, 7) is 6.79. The van der Waals surface area contributed by atoms with Gasteiger partial charge in [-0.2, -0.15) is 0 Å². The first-order valence-corrected chi connectivity index (χ1v) is 6.20. The highest BCUT2D eigenvalue weighted by molar-refractivity contribution is 5.97. The van der Waals surface area contributed by atoms with Crippen LogP contribution in [0.5, 0.6) is 0 Å². The first kappa shape index (κ1) is 16.9. The van der Waals surface area contributed by atoms with Gasteiger partial charge in [-0.3, -0.25) is 9.59 Å². The second-order valence-corrected chi connectivity index (χ2v) is 6.05. The van der Waals surface area contributed by atoms with Crippen LogP contribution < -0.4 is 0 Å². The van der Waals surface area contributed by atoms with Gasteiger partial charge < -0.3 is 14.9 Å². The molecule has 0 aliphatic rings. The van der Waals surface area contributed by atoms with E-state index in [-0.39, 0.29) is 5.91 Å². The average Bonchev–Trinajstić information content (AvgIpc) is 2.13. The summed E-state index contributed by atoms with van der Waals surface area (Å²) in [7, 11) is 5.60. The van der Waals surface area contributed by atoms with Gasteiger partial charge in [0.2, 0.25) is 5.91 Å². The van der Waals surface area contributed by atoms with Crippen LogP contribution in [0, 0.1) is 11.3 Å². The van der Waals surface area contributed by atoms with Crippen molar-refractivity contribution >= 4 is 11.9 Å². The summed E-state index contributed by atoms with van der Waals surface area (Å²) >= 11 is 0. The van der Waals surface area contributed by atoms with Crippen molar-refractivity contribution in [2.24, 2.45) is 11.3 Å². The lowest BCUT2D eigenvalue weighted by Gasteiger charge is -2.30. The molecular formula is C13H26N2O3. The number of carboxylic acid groups (broad SMARTS) is 1. The maximum Gasteiger partial charge on any atom is 0.316 e. The monoisotopic (exact) mass is 258 g/mol. The Kier molecular flexibility index (Phi) is 6.32. The highest BCUT2D eigenvalue weighted by Gasteiger charge is 2.39. The number of aliphatic carboxylic acids is 1. The highest BCUT2D eigenvalue weighted by atomic mass is 16.4. The number of amides is 1. The Hall–Kier alpha value is -1.10. The zero-order valence-electron chi connectivity index (χ0n) is 12.4. The van der Waals surface area contributed by atoms with E-state index in [1.54, 1.807) is 27.8 Å². The van der Waals surface area contributed by atoms with Crippen LogP contribution in [0.1, 0.15) is 27.2 Å². The molecule has 0 saturated carbocycles. The van der Waals surface area contributed by atoms with Crippen molar-refractivity contribution in [3.05, 3.63) is 0 Å². The summed E-state index contributed by atoms with van der Waals surface area (Å²) in [6, 6.07) is 0. The van der Waals surface area contributed by atoms with Crippen LogP contribution in [0.3, 0.4) is 0 Å². The topological polar surface area (TPSA) is 60.9 Å². The summed E-state index contributed by atoms with van der Waals surface area (Å²) in [5.74, 6) is -2.34. The second-order valence-electron chi connectivity index (χ2n) is 6.05. The molecule has 1 atom stereocenters. The molecule has 0 aliphatic carbocycles. The van der Waals surface area contributed by atoms with E-state index in [4.69, 9.17) is 0 Å². The third-order valence-electron chi connectivity index (χ3n) is 2.84. The smallest absolute Gasteiger partial charge is 0.316 e. The molecule has 0 bridgehead atoms. The molecular weight excluding hydrogens is 232 g/mol. The number of hydrogen-bond donors (Lipinski definition) is 1. The van der Waals surface area contributed by atoms with E-state index < -0.39 is 17.3 Å². The predicted molar refractivity (Wildman–Crippen MR) is 71.4 cm³/mol. The molecule has 0 heterocycles. The summed E-state index contributed by atoms with van der Waals surface area (Å²) < 4.78 is 0. The van der Waals surface area contributed by atoms with Crippen LogP contribution in [0.4, 0.5) is 0 Å². The zero-order valence-corrected chi connectivity index (χ0v) is 12.4. The van der Waals surface area contributed by atoms with Crippen molar-refractivity contribution in [1.82, 2.24) is 9.80 Å². The molecule has 5 heteroatoms. The van der Waals surface area contributed by atoms with Gasteiger partial charge in [0.05, 0.1) is 0 Å². The van der Waals surface area contributed by atoms with Gasteiger partial charge >= 0.3 is 5.97 Å². The van der Waals surface area contributed by atoms with Gasteiger partial charge in [-0.15, -0.1) is 0 Å². The minimum atomic E-state index is -1.05. The Balaban J connectivity index is 4.54. The third kappa shape index (κ3) is 5.49. The second kappa shape index (κ2) is 6.73. The molecule has 0 aromatic carbocycles. The molecule has 0 aromatic rings. The van der Waals surface area contributed by atoms with Gasteiger partial charge in [0.15, 0.2) is 0 Å². The van der Waals surface area contributed by atoms with E-state index in [1.807, 2.05) is 19.0 Å². The maximum absolute atomic E-state index is 12.1. The van der Waals surface area contributed by atoms with Gasteiger partial charge in [-0.25, -0.2) is 0 Å². The van der Waals surface area contributed by atoms with Crippen molar-refractivity contribution < 1.29 is 14.7 Å². The average molecular weight is 258 g/mol. The van der Waals surface area contributed by atoms with E-state index in [2.05, 4.69) is 0 Å². The molecule has 5 nitrogen and oxygen atoms in total. The normalized spacial score (nSPS) is 13.5. The van der Waals surface area contributed by atoms with Gasteiger partial charge in [0, 0.05) is 13.6 Å². The van der Waals surface area contributed by atoms with E-state index in [1.165, 1.54) is 4.90 Å². The van der Waals surface area contributed by atoms with E-state index in [0.717, 1.165) is 13.0 Å². The van der Waals surface area contributed by atoms with Crippen LogP contribution in [-0.2, 0) is 9.59 Å². The van der Waals surface area contributed by atoms with Crippen molar-refractivity contribution in [2.45, 2.75) is 27.2 Å². The zero-order chi connectivity index (χ0) is 14.5. The maximum atomic E-state index is 12.1. The van der Waals surface area contributed by atoms with E-state index in [9.17, 15) is 14.7 Å². The van der Waals surface area contributed by atoms with Gasteiger partial charge in [0.25, 0.3) is 0 Å². The number of nitrogens with zero attached hydrogens (tertiary/aromatic N) is 2. The third-order valence-corrected chi connectivity index (χ3v) is 2.84. The fourth-order valence-electron chi connectivity index (χ4n) is 1.80. The molecule has 106 valence electrons. The molecule has 0 aliphatic heterocycles. The lowest BCUT2D eigenvalue weighted by Crippen LogP contribution is -2.44. The first-order chi connectivity index (χ1) is 8.07. The largest absolute Gasteiger partial charge is 0.481 e. The number of carbonyl (C=O) groups is 2. The van der Waals surface area contributed by atoms with Crippen molar-refractivity contribution in [1.29, 1.82) is 0 Å². The standard InChI is InChI=1S/C13H26N2O3/c1-13(2,3)10(12(17)18)11(16)15(6)9-7-8-14(4)5/h10H,7-9H2,1-6H3,(H,17,18). The minimum absolute atomic E-state index is 0.311. The Bertz CT molecular complexity index is 295. The van der Waals surface area contributed by atoms with Crippen molar-refractivity contribution in [2.75, 3.05) is 34.2 Å². The van der Waals surface area contributed by atoms with Gasteiger partial charge in [0.1, 0.15) is 5.92 Å². The number of hydrogen-bond acceptors (Lipinski definition) is 3. The fourth-order valence-corrected chi connectivity index (χ4v) is 1.80. The molecule has 1 amide bonds. The Morgan fingerprint density at radius 3 is 1.94 bits per heavy atom. The molecule has 0 rings (SSSR count). The minimum Gasteiger partial charge on any atom is -0.481 e. The Morgan fingerprint density at radius 2 is 1.61 bits per heavy atom. The molecule has 0 radical (unpaired) electrons. The Morgan fingerprint density at radius 1 is 1.11 bits per heavy atom. The van der Waals surface area contributed by atoms with Crippen LogP contribution in [-0.4, -0.2) is 61.0 Å². The molecule has 18 heavy (non-hydrogen) atoms. The Labute approximate surface area is 110 Å². The predicted octanol–water partition coefficient (Wildman–Crippen LogP) is 1.14. The van der Waals surface area contributed by atoms with Crippen LogP contribution in [0.15, 0.2) is 0 Å². The highest BCUT2D eigenvalue weighted by Crippen LogP contribution is 2.27. The summed E-state index contributed by atoms with van der Waals surface area (Å²) in [5, 5.41) is 9.19. The number of carbonyl (C=O) groups excluding carboxylic acids is 1. The van der Waals surface area contributed by atoms with Gasteiger partial charge in [-0.05, 0) is 32.5 Å². The SMILES string of the molecule is CN(C)CCCN(C)C(=O)C(C(=O)O)C(C)(C)C. The molecule has 0 spiro atoms. The number of carboxylic acids is 1. The molecule has 1 N–H and O–H groups in total. The van der Waals surface area contributed by atoms with Crippen molar-refractivity contribution in [3.63, 3.8) is 0 Å². The van der Waals surface area contributed by atoms with Crippen LogP contribution >= 0.6 is 0 Å². The number of rotatable bonds is 6. The van der Waals surface area contributed by atoms with Gasteiger partial charge in [-0.1, -0.05) is 20.8 Å². The molecule has 0 fully saturated rings. The fraction of sp³-hybridized carbons (Fsp3) is 0.846. The van der Waals surface area contributed by atoms with E-state index >= 15 is 0 Å². The summed E-state index contributed by atoms with van der Waals surface area (Å²) in [6.07, 6.45) is 0.839. The molecule has 0 saturated heterocycles. The quantitative estimate of drug-likeness (QED) is 0.726. The van der Waals surface area contributed by atoms with E-state index in [0.29, 0.717) is 6.54 Å². The lowest BCUT2D eigenvalue weighted by atomic mass is 9.80. The summed E-state index contributed by atoms with van der Waals surface area (Å²) in [5.41, 5.74) is -0.571. The lowest BCUT2D eigenvalue weighted by molar-refractivity contribution is -0.155.